The topological polar surface area (TPSA) is 118 Å². The number of carbonyl (C=O) groups excluding carboxylic acids is 4. The summed E-state index contributed by atoms with van der Waals surface area (Å²) in [5, 5.41) is 9.07. The molecule has 3 heterocycles. The highest BCUT2D eigenvalue weighted by Crippen LogP contribution is 2.31. The minimum atomic E-state index is -0.945. The minimum absolute atomic E-state index is 0.0904. The molecule has 0 bridgehead atoms. The Bertz CT molecular complexity index is 1020. The summed E-state index contributed by atoms with van der Waals surface area (Å²) in [7, 11) is 1.25. The van der Waals surface area contributed by atoms with Gasteiger partial charge in [0.15, 0.2) is 10.8 Å². The quantitative estimate of drug-likeness (QED) is 0.432. The first kappa shape index (κ1) is 23.4. The van der Waals surface area contributed by atoms with Crippen LogP contribution in [0.2, 0.25) is 0 Å². The molecule has 1 saturated carbocycles. The molecule has 0 spiro atoms. The number of imide groups is 1. The second kappa shape index (κ2) is 10.4. The van der Waals surface area contributed by atoms with Crippen LogP contribution in [0.4, 0.5) is 9.93 Å². The Balaban J connectivity index is 1.52. The maximum atomic E-state index is 13.3. The molecule has 2 aromatic rings. The van der Waals surface area contributed by atoms with Crippen LogP contribution in [0.15, 0.2) is 22.9 Å². The van der Waals surface area contributed by atoms with E-state index in [0.29, 0.717) is 12.8 Å². The number of urea groups is 1. The molecular weight excluding hydrogens is 464 g/mol. The van der Waals surface area contributed by atoms with Gasteiger partial charge < -0.3 is 15.4 Å². The van der Waals surface area contributed by atoms with Crippen molar-refractivity contribution < 1.29 is 23.9 Å². The predicted molar refractivity (Wildman–Crippen MR) is 124 cm³/mol. The van der Waals surface area contributed by atoms with Crippen molar-refractivity contribution in [3.8, 4) is 0 Å². The molecule has 0 radical (unpaired) electrons. The van der Waals surface area contributed by atoms with E-state index in [1.165, 1.54) is 23.8 Å². The van der Waals surface area contributed by atoms with Crippen LogP contribution in [0.3, 0.4) is 0 Å². The van der Waals surface area contributed by atoms with E-state index in [-0.39, 0.29) is 16.7 Å². The third kappa shape index (κ3) is 5.41. The van der Waals surface area contributed by atoms with Crippen molar-refractivity contribution in [1.82, 2.24) is 15.2 Å². The van der Waals surface area contributed by atoms with E-state index in [9.17, 15) is 19.2 Å². The van der Waals surface area contributed by atoms with Crippen molar-refractivity contribution in [2.75, 3.05) is 12.4 Å². The fourth-order valence-corrected chi connectivity index (χ4v) is 5.83. The molecule has 2 atom stereocenters. The Morgan fingerprint density at radius 2 is 2.06 bits per heavy atom. The number of thiazole rings is 1. The van der Waals surface area contributed by atoms with E-state index in [2.05, 4.69) is 20.4 Å². The van der Waals surface area contributed by atoms with Gasteiger partial charge in [0.05, 0.1) is 7.11 Å². The van der Waals surface area contributed by atoms with Crippen LogP contribution in [-0.4, -0.2) is 52.9 Å². The molecule has 2 fully saturated rings. The first-order valence-electron chi connectivity index (χ1n) is 11.0. The number of methoxy groups -OCH3 is 1. The molecule has 1 saturated heterocycles. The molecule has 1 aliphatic heterocycles. The van der Waals surface area contributed by atoms with Crippen molar-refractivity contribution in [3.05, 3.63) is 33.5 Å². The summed E-state index contributed by atoms with van der Waals surface area (Å²) in [6, 6.07) is 1.63. The molecule has 4 rings (SSSR count). The van der Waals surface area contributed by atoms with Crippen molar-refractivity contribution in [2.45, 2.75) is 57.0 Å². The van der Waals surface area contributed by atoms with Crippen molar-refractivity contribution in [1.29, 1.82) is 0 Å². The number of hydrogen-bond donors (Lipinski definition) is 2. The Morgan fingerprint density at radius 3 is 2.76 bits per heavy atom. The van der Waals surface area contributed by atoms with Crippen molar-refractivity contribution in [3.63, 3.8) is 0 Å². The maximum Gasteiger partial charge on any atom is 0.357 e. The number of amides is 4. The molecule has 9 nitrogen and oxygen atoms in total. The van der Waals surface area contributed by atoms with Gasteiger partial charge in [-0.2, -0.15) is 0 Å². The van der Waals surface area contributed by atoms with Gasteiger partial charge in [0.25, 0.3) is 5.91 Å². The van der Waals surface area contributed by atoms with Gasteiger partial charge in [-0.05, 0) is 23.8 Å². The molecule has 2 aromatic heterocycles. The van der Waals surface area contributed by atoms with Gasteiger partial charge in [-0.3, -0.25) is 9.59 Å². The summed E-state index contributed by atoms with van der Waals surface area (Å²) in [6.07, 6.45) is 6.06. The third-order valence-electron chi connectivity index (χ3n) is 6.06. The first-order chi connectivity index (χ1) is 16.0. The summed E-state index contributed by atoms with van der Waals surface area (Å²) < 4.78 is 4.65. The number of esters is 1. The predicted octanol–water partition coefficient (Wildman–Crippen LogP) is 3.43. The van der Waals surface area contributed by atoms with Crippen LogP contribution < -0.4 is 10.6 Å². The number of anilines is 1. The minimum Gasteiger partial charge on any atom is -0.464 e. The van der Waals surface area contributed by atoms with E-state index in [1.54, 1.807) is 0 Å². The molecule has 0 unspecified atom stereocenters. The zero-order valence-corrected chi connectivity index (χ0v) is 19.9. The standard InChI is InChI=1S/C22H26N4O5S2/c1-31-20(29)16-12-33-21(23-16)25-18(27)17(10-13-6-3-2-4-7-13)26-19(28)15(24-22(26)30)11-14-8-5-9-32-14/h5,8-9,12-13,15,17H,2-4,6-7,10-11H2,1H3,(H,24,30)(H,23,25,27)/t15-,17-/m0/s1. The summed E-state index contributed by atoms with van der Waals surface area (Å²) in [4.78, 5) is 57.2. The van der Waals surface area contributed by atoms with Crippen LogP contribution >= 0.6 is 22.7 Å². The van der Waals surface area contributed by atoms with Gasteiger partial charge >= 0.3 is 12.0 Å². The number of aromatic nitrogens is 1. The lowest BCUT2D eigenvalue weighted by atomic mass is 9.84. The van der Waals surface area contributed by atoms with E-state index in [4.69, 9.17) is 0 Å². The van der Waals surface area contributed by atoms with Crippen LogP contribution in [-0.2, 0) is 20.7 Å². The number of nitrogens with zero attached hydrogens (tertiary/aromatic N) is 2. The van der Waals surface area contributed by atoms with Crippen LogP contribution in [0.1, 0.15) is 53.9 Å². The van der Waals surface area contributed by atoms with E-state index >= 15 is 0 Å². The Labute approximate surface area is 199 Å². The zero-order valence-electron chi connectivity index (χ0n) is 18.2. The van der Waals surface area contributed by atoms with Gasteiger partial charge in [0.2, 0.25) is 5.91 Å². The summed E-state index contributed by atoms with van der Waals surface area (Å²) in [5.41, 5.74) is 0.0904. The summed E-state index contributed by atoms with van der Waals surface area (Å²) in [6.45, 7) is 0. The maximum absolute atomic E-state index is 13.3. The van der Waals surface area contributed by atoms with Gasteiger partial charge in [-0.25, -0.2) is 19.5 Å². The normalized spacial score (nSPS) is 19.9. The highest BCUT2D eigenvalue weighted by molar-refractivity contribution is 7.14. The van der Waals surface area contributed by atoms with Crippen LogP contribution in [0.25, 0.3) is 0 Å². The fraction of sp³-hybridized carbons (Fsp3) is 0.500. The van der Waals surface area contributed by atoms with Crippen molar-refractivity contribution >= 4 is 51.6 Å². The number of ether oxygens (including phenoxy) is 1. The van der Waals surface area contributed by atoms with Crippen LogP contribution in [0.5, 0.6) is 0 Å². The zero-order chi connectivity index (χ0) is 23.4. The van der Waals surface area contributed by atoms with E-state index in [0.717, 1.165) is 53.2 Å². The fourth-order valence-electron chi connectivity index (χ4n) is 4.40. The molecule has 11 heteroatoms. The van der Waals surface area contributed by atoms with Gasteiger partial charge in [-0.15, -0.1) is 22.7 Å². The lowest BCUT2D eigenvalue weighted by Crippen LogP contribution is -2.49. The second-order valence-electron chi connectivity index (χ2n) is 8.27. The number of hydrogen-bond acceptors (Lipinski definition) is 8. The van der Waals surface area contributed by atoms with Gasteiger partial charge in [0.1, 0.15) is 12.1 Å². The number of rotatable bonds is 8. The van der Waals surface area contributed by atoms with Gasteiger partial charge in [-0.1, -0.05) is 38.2 Å². The molecule has 176 valence electrons. The lowest BCUT2D eigenvalue weighted by Gasteiger charge is -2.30. The number of carbonyl (C=O) groups is 4. The van der Waals surface area contributed by atoms with E-state index in [1.807, 2.05) is 17.5 Å². The number of nitrogens with one attached hydrogen (secondary N) is 2. The molecular formula is C22H26N4O5S2. The molecule has 1 aliphatic carbocycles. The highest BCUT2D eigenvalue weighted by Gasteiger charge is 2.45. The highest BCUT2D eigenvalue weighted by atomic mass is 32.1. The Hall–Kier alpha value is -2.79. The van der Waals surface area contributed by atoms with Crippen molar-refractivity contribution in [2.24, 2.45) is 5.92 Å². The van der Waals surface area contributed by atoms with Crippen LogP contribution in [0, 0.1) is 5.92 Å². The Morgan fingerprint density at radius 1 is 1.27 bits per heavy atom. The Kier molecular flexibility index (Phi) is 7.39. The largest absolute Gasteiger partial charge is 0.464 e. The average Bonchev–Trinajstić information content (AvgIpc) is 3.55. The second-order valence-corrected chi connectivity index (χ2v) is 10.2. The molecule has 33 heavy (non-hydrogen) atoms. The average molecular weight is 491 g/mol. The SMILES string of the molecule is COC(=O)c1csc(NC(=O)[C@H](CC2CCCCC2)N2C(=O)N[C@@H](Cc3cccs3)C2=O)n1. The van der Waals surface area contributed by atoms with E-state index < -0.39 is 35.9 Å². The molecule has 4 amide bonds. The smallest absolute Gasteiger partial charge is 0.357 e. The first-order valence-corrected chi connectivity index (χ1v) is 12.7. The van der Waals surface area contributed by atoms with Gasteiger partial charge in [0, 0.05) is 16.7 Å². The molecule has 2 N–H and O–H groups in total. The molecule has 2 aliphatic rings. The number of thiophene rings is 1. The monoisotopic (exact) mass is 490 g/mol. The summed E-state index contributed by atoms with van der Waals surface area (Å²) >= 11 is 2.61. The third-order valence-corrected chi connectivity index (χ3v) is 7.72. The summed E-state index contributed by atoms with van der Waals surface area (Å²) in [5.74, 6) is -1.21. The molecule has 0 aromatic carbocycles. The lowest BCUT2D eigenvalue weighted by molar-refractivity contribution is -0.134.